The molecule has 0 radical (unpaired) electrons. The highest BCUT2D eigenvalue weighted by molar-refractivity contribution is 5.80. The Morgan fingerprint density at radius 1 is 1.26 bits per heavy atom. The van der Waals surface area contributed by atoms with Crippen LogP contribution >= 0.6 is 0 Å². The average molecular weight is 282 g/mol. The number of benzene rings is 1. The van der Waals surface area contributed by atoms with E-state index in [9.17, 15) is 26.7 Å². The molecule has 0 saturated heterocycles. The molecule has 2 N–H and O–H groups in total. The van der Waals surface area contributed by atoms with Crippen LogP contribution in [0.4, 0.5) is 27.6 Å². The minimum atomic E-state index is -4.53. The average Bonchev–Trinajstić information content (AvgIpc) is 2.30. The van der Waals surface area contributed by atoms with Gasteiger partial charge in [-0.15, -0.1) is 0 Å². The zero-order valence-electron chi connectivity index (χ0n) is 9.87. The van der Waals surface area contributed by atoms with Crippen molar-refractivity contribution in [2.75, 3.05) is 18.4 Å². The standard InChI is InChI=1S/C11H11F5N2O/c1-6-2-3-7(12)10(9(6)13)17-4-8(19)18-5-11(14,15)16/h2-3,17H,4-5H2,1H3,(H,18,19). The first-order valence-electron chi connectivity index (χ1n) is 5.22. The topological polar surface area (TPSA) is 41.1 Å². The smallest absolute Gasteiger partial charge is 0.371 e. The van der Waals surface area contributed by atoms with E-state index in [4.69, 9.17) is 0 Å². The maximum atomic E-state index is 13.5. The summed E-state index contributed by atoms with van der Waals surface area (Å²) in [6.45, 7) is -0.761. The number of hydrogen-bond donors (Lipinski definition) is 2. The van der Waals surface area contributed by atoms with E-state index in [1.54, 1.807) is 5.32 Å². The summed E-state index contributed by atoms with van der Waals surface area (Å²) < 4.78 is 62.1. The van der Waals surface area contributed by atoms with Crippen LogP contribution in [0.1, 0.15) is 5.56 Å². The highest BCUT2D eigenvalue weighted by Crippen LogP contribution is 2.21. The number of alkyl halides is 3. The van der Waals surface area contributed by atoms with Crippen LogP contribution in [0.25, 0.3) is 0 Å². The summed E-state index contributed by atoms with van der Waals surface area (Å²) in [6, 6.07) is 2.20. The van der Waals surface area contributed by atoms with Crippen LogP contribution in [0, 0.1) is 18.6 Å². The fourth-order valence-corrected chi connectivity index (χ4v) is 1.25. The third-order valence-electron chi connectivity index (χ3n) is 2.20. The first kappa shape index (κ1) is 15.2. The zero-order chi connectivity index (χ0) is 14.6. The summed E-state index contributed by atoms with van der Waals surface area (Å²) in [4.78, 5) is 11.1. The molecule has 19 heavy (non-hydrogen) atoms. The third kappa shape index (κ3) is 4.72. The van der Waals surface area contributed by atoms with Crippen molar-refractivity contribution in [1.29, 1.82) is 0 Å². The summed E-state index contributed by atoms with van der Waals surface area (Å²) in [7, 11) is 0. The molecule has 1 amide bonds. The fraction of sp³-hybridized carbons (Fsp3) is 0.364. The van der Waals surface area contributed by atoms with Gasteiger partial charge in [-0.05, 0) is 18.6 Å². The summed E-state index contributed by atoms with van der Waals surface area (Å²) in [5.41, 5.74) is -0.387. The van der Waals surface area contributed by atoms with Crippen molar-refractivity contribution in [1.82, 2.24) is 5.32 Å². The number of carbonyl (C=O) groups excluding carboxylic acids is 1. The number of hydrogen-bond acceptors (Lipinski definition) is 2. The summed E-state index contributed by atoms with van der Waals surface area (Å²) in [5.74, 6) is -2.83. The van der Waals surface area contributed by atoms with E-state index in [1.165, 1.54) is 13.0 Å². The molecule has 0 aliphatic rings. The first-order chi connectivity index (χ1) is 8.70. The van der Waals surface area contributed by atoms with Crippen LogP contribution in [0.3, 0.4) is 0 Å². The van der Waals surface area contributed by atoms with E-state index in [0.29, 0.717) is 0 Å². The largest absolute Gasteiger partial charge is 0.405 e. The minimum absolute atomic E-state index is 0.152. The molecule has 0 bridgehead atoms. The van der Waals surface area contributed by atoms with Gasteiger partial charge in [0.25, 0.3) is 0 Å². The molecule has 3 nitrogen and oxygen atoms in total. The number of nitrogens with one attached hydrogen (secondary N) is 2. The Labute approximate surface area is 105 Å². The van der Waals surface area contributed by atoms with E-state index < -0.39 is 42.5 Å². The van der Waals surface area contributed by atoms with Gasteiger partial charge in [0.1, 0.15) is 18.0 Å². The summed E-state index contributed by atoms with van der Waals surface area (Å²) in [6.07, 6.45) is -4.53. The van der Waals surface area contributed by atoms with Crippen LogP contribution < -0.4 is 10.6 Å². The second-order valence-corrected chi connectivity index (χ2v) is 3.80. The molecule has 8 heteroatoms. The Morgan fingerprint density at radius 3 is 2.47 bits per heavy atom. The lowest BCUT2D eigenvalue weighted by atomic mass is 10.2. The molecule has 0 atom stereocenters. The lowest BCUT2D eigenvalue weighted by Crippen LogP contribution is -2.37. The molecular formula is C11H11F5N2O. The summed E-state index contributed by atoms with van der Waals surface area (Å²) in [5, 5.41) is 3.70. The minimum Gasteiger partial charge on any atom is -0.371 e. The predicted octanol–water partition coefficient (Wildman–Crippen LogP) is 2.36. The number of aryl methyl sites for hydroxylation is 1. The van der Waals surface area contributed by atoms with Gasteiger partial charge < -0.3 is 10.6 Å². The number of rotatable bonds is 4. The molecule has 0 unspecified atom stereocenters. The molecule has 106 valence electrons. The van der Waals surface area contributed by atoms with Gasteiger partial charge in [-0.1, -0.05) is 6.07 Å². The normalized spacial score (nSPS) is 11.3. The number of carbonyl (C=O) groups is 1. The van der Waals surface area contributed by atoms with E-state index >= 15 is 0 Å². The molecule has 0 aliphatic heterocycles. The second-order valence-electron chi connectivity index (χ2n) is 3.80. The van der Waals surface area contributed by atoms with Crippen molar-refractivity contribution in [3.05, 3.63) is 29.3 Å². The zero-order valence-corrected chi connectivity index (χ0v) is 9.87. The second kappa shape index (κ2) is 5.85. The van der Waals surface area contributed by atoms with E-state index in [1.807, 2.05) is 0 Å². The quantitative estimate of drug-likeness (QED) is 0.832. The first-order valence-corrected chi connectivity index (χ1v) is 5.22. The number of amides is 1. The monoisotopic (exact) mass is 282 g/mol. The van der Waals surface area contributed by atoms with Gasteiger partial charge in [0.05, 0.1) is 6.54 Å². The van der Waals surface area contributed by atoms with Gasteiger partial charge in [-0.3, -0.25) is 4.79 Å². The Bertz CT molecular complexity index is 473. The highest BCUT2D eigenvalue weighted by atomic mass is 19.4. The number of anilines is 1. The molecular weight excluding hydrogens is 271 g/mol. The van der Waals surface area contributed by atoms with Crippen LogP contribution in [0.15, 0.2) is 12.1 Å². The van der Waals surface area contributed by atoms with Crippen molar-refractivity contribution in [2.24, 2.45) is 0 Å². The molecule has 0 fully saturated rings. The van der Waals surface area contributed by atoms with Gasteiger partial charge >= 0.3 is 6.18 Å². The molecule has 1 aromatic rings. The van der Waals surface area contributed by atoms with Crippen molar-refractivity contribution in [3.8, 4) is 0 Å². The molecule has 1 aromatic carbocycles. The maximum absolute atomic E-state index is 13.5. The van der Waals surface area contributed by atoms with Crippen molar-refractivity contribution >= 4 is 11.6 Å². The van der Waals surface area contributed by atoms with Gasteiger partial charge in [0.15, 0.2) is 5.82 Å². The van der Waals surface area contributed by atoms with Crippen LogP contribution in [-0.4, -0.2) is 25.2 Å². The molecule has 0 heterocycles. The van der Waals surface area contributed by atoms with Gasteiger partial charge in [0.2, 0.25) is 5.91 Å². The van der Waals surface area contributed by atoms with E-state index in [-0.39, 0.29) is 5.56 Å². The third-order valence-corrected chi connectivity index (χ3v) is 2.20. The molecule has 0 aliphatic carbocycles. The summed E-state index contributed by atoms with van der Waals surface area (Å²) >= 11 is 0. The molecule has 0 aromatic heterocycles. The maximum Gasteiger partial charge on any atom is 0.405 e. The van der Waals surface area contributed by atoms with Gasteiger partial charge in [0, 0.05) is 0 Å². The number of halogens is 5. The Kier molecular flexibility index (Phi) is 4.68. The van der Waals surface area contributed by atoms with Crippen LogP contribution in [0.2, 0.25) is 0 Å². The fourth-order valence-electron chi connectivity index (χ4n) is 1.25. The molecule has 0 spiro atoms. The Morgan fingerprint density at radius 2 is 1.89 bits per heavy atom. The Balaban J connectivity index is 2.58. The van der Waals surface area contributed by atoms with Gasteiger partial charge in [-0.25, -0.2) is 8.78 Å². The van der Waals surface area contributed by atoms with Crippen molar-refractivity contribution in [3.63, 3.8) is 0 Å². The predicted molar refractivity (Wildman–Crippen MR) is 58.6 cm³/mol. The van der Waals surface area contributed by atoms with E-state index in [2.05, 4.69) is 5.32 Å². The van der Waals surface area contributed by atoms with Crippen LogP contribution in [0.5, 0.6) is 0 Å². The lowest BCUT2D eigenvalue weighted by molar-refractivity contribution is -0.137. The van der Waals surface area contributed by atoms with E-state index in [0.717, 1.165) is 6.07 Å². The lowest BCUT2D eigenvalue weighted by Gasteiger charge is -2.11. The molecule has 0 saturated carbocycles. The Hall–Kier alpha value is -1.86. The molecule has 1 rings (SSSR count). The van der Waals surface area contributed by atoms with Crippen molar-refractivity contribution in [2.45, 2.75) is 13.1 Å². The highest BCUT2D eigenvalue weighted by Gasteiger charge is 2.27. The van der Waals surface area contributed by atoms with Crippen LogP contribution in [-0.2, 0) is 4.79 Å². The van der Waals surface area contributed by atoms with Gasteiger partial charge in [-0.2, -0.15) is 13.2 Å². The van der Waals surface area contributed by atoms with Crippen molar-refractivity contribution < 1.29 is 26.7 Å². The SMILES string of the molecule is Cc1ccc(F)c(NCC(=O)NCC(F)(F)F)c1F.